The van der Waals surface area contributed by atoms with Crippen LogP contribution < -0.4 is 10.5 Å². The lowest BCUT2D eigenvalue weighted by atomic mass is 9.99. The Morgan fingerprint density at radius 3 is 2.54 bits per heavy atom. The van der Waals surface area contributed by atoms with Gasteiger partial charge in [0, 0.05) is 19.3 Å². The summed E-state index contributed by atoms with van der Waals surface area (Å²) in [6.45, 7) is 0.628. The van der Waals surface area contributed by atoms with E-state index >= 15 is 0 Å². The predicted molar refractivity (Wildman–Crippen MR) is 136 cm³/mol. The Labute approximate surface area is 224 Å². The van der Waals surface area contributed by atoms with E-state index in [1.165, 1.54) is 12.3 Å². The van der Waals surface area contributed by atoms with Gasteiger partial charge < -0.3 is 44.9 Å². The van der Waals surface area contributed by atoms with E-state index in [0.29, 0.717) is 29.9 Å². The van der Waals surface area contributed by atoms with E-state index in [0.717, 1.165) is 38.5 Å². The number of aryl methyl sites for hydroxylation is 1. The van der Waals surface area contributed by atoms with Crippen LogP contribution in [0.3, 0.4) is 0 Å². The Hall–Kier alpha value is -3.01. The van der Waals surface area contributed by atoms with Crippen molar-refractivity contribution in [2.24, 2.45) is 0 Å². The third kappa shape index (κ3) is 7.56. The molecule has 0 radical (unpaired) electrons. The maximum absolute atomic E-state index is 13.3. The average molecular weight is 550 g/mol. The molecule has 4 rings (SSSR count). The highest BCUT2D eigenvalue weighted by Crippen LogP contribution is 2.24. The summed E-state index contributed by atoms with van der Waals surface area (Å²) in [6, 6.07) is 2.93. The minimum absolute atomic E-state index is 0.0612. The van der Waals surface area contributed by atoms with Gasteiger partial charge in [0.1, 0.15) is 31.0 Å². The zero-order chi connectivity index (χ0) is 27.8. The van der Waals surface area contributed by atoms with Crippen LogP contribution in [-0.4, -0.2) is 88.8 Å². The number of nitrogens with zero attached hydrogens (tertiary/aromatic N) is 5. The van der Waals surface area contributed by atoms with Crippen LogP contribution in [0, 0.1) is 5.95 Å². The maximum Gasteiger partial charge on any atom is 0.247 e. The van der Waals surface area contributed by atoms with Gasteiger partial charge in [-0.2, -0.15) is 14.4 Å². The van der Waals surface area contributed by atoms with Crippen LogP contribution in [-0.2, 0) is 22.6 Å². The molecule has 4 heterocycles. The number of halogens is 1. The molecule has 214 valence electrons. The number of anilines is 1. The van der Waals surface area contributed by atoms with Gasteiger partial charge in [-0.15, -0.1) is 0 Å². The lowest BCUT2D eigenvalue weighted by molar-refractivity contribution is -0.301. The van der Waals surface area contributed by atoms with E-state index in [9.17, 15) is 24.8 Å². The van der Waals surface area contributed by atoms with Crippen LogP contribution in [0.2, 0.25) is 0 Å². The number of nitrogen functional groups attached to an aromatic ring is 1. The first-order valence-electron chi connectivity index (χ1n) is 13.0. The van der Waals surface area contributed by atoms with Crippen LogP contribution in [0.1, 0.15) is 44.1 Å². The number of aromatic nitrogens is 5. The molecule has 3 aromatic heterocycles. The third-order valence-electron chi connectivity index (χ3n) is 6.54. The number of ether oxygens (including phenoxy) is 3. The number of imidazole rings is 1. The van der Waals surface area contributed by atoms with Crippen molar-refractivity contribution in [2.75, 3.05) is 18.9 Å². The van der Waals surface area contributed by atoms with Crippen LogP contribution in [0.5, 0.6) is 5.88 Å². The average Bonchev–Trinajstić information content (AvgIpc) is 3.33. The van der Waals surface area contributed by atoms with Gasteiger partial charge in [0.15, 0.2) is 17.5 Å². The Morgan fingerprint density at radius 1 is 1.00 bits per heavy atom. The smallest absolute Gasteiger partial charge is 0.247 e. The first-order chi connectivity index (χ1) is 18.9. The molecule has 1 fully saturated rings. The molecular formula is C25H35FN6O7. The summed E-state index contributed by atoms with van der Waals surface area (Å²) in [5.41, 5.74) is 7.54. The lowest BCUT2D eigenvalue weighted by Crippen LogP contribution is -2.59. The molecule has 3 aromatic rings. The lowest BCUT2D eigenvalue weighted by Gasteiger charge is -2.39. The molecule has 0 unspecified atom stereocenters. The van der Waals surface area contributed by atoms with Crippen LogP contribution in [0.15, 0.2) is 24.7 Å². The molecule has 0 aromatic carbocycles. The van der Waals surface area contributed by atoms with Crippen LogP contribution in [0.4, 0.5) is 10.3 Å². The number of hydrogen-bond donors (Lipinski definition) is 5. The van der Waals surface area contributed by atoms with Crippen molar-refractivity contribution >= 4 is 17.1 Å². The van der Waals surface area contributed by atoms with E-state index in [-0.39, 0.29) is 18.4 Å². The fraction of sp³-hybridized carbons (Fsp3) is 0.600. The zero-order valence-electron chi connectivity index (χ0n) is 21.5. The van der Waals surface area contributed by atoms with Gasteiger partial charge in [0.05, 0.1) is 12.9 Å². The number of unbranched alkanes of at least 4 members (excludes halogenated alkanes) is 5. The standard InChI is InChI=1S/C25H35FN6O7/c26-17-11-15(7-8-28-17)13-38-23-18-22(30-25(27)31-23)32(14-29-18)9-5-3-1-2-4-6-10-37-24-21(36)20(35)19(34)16(12-33)39-24/h7-8,11,14,16,19-21,24,33-36H,1-6,9-10,12-13H2,(H2,27,30,31)/t16-,19-,20+,21-,24-/m1/s1/i26-1. The molecule has 1 aliphatic heterocycles. The van der Waals surface area contributed by atoms with Gasteiger partial charge in [-0.3, -0.25) is 0 Å². The van der Waals surface area contributed by atoms with E-state index in [1.807, 2.05) is 4.57 Å². The fourth-order valence-electron chi connectivity index (χ4n) is 4.38. The molecule has 13 nitrogen and oxygen atoms in total. The van der Waals surface area contributed by atoms with Crippen molar-refractivity contribution < 1.29 is 39.0 Å². The molecule has 6 N–H and O–H groups in total. The van der Waals surface area contributed by atoms with Gasteiger partial charge in [-0.25, -0.2) is 9.97 Å². The molecule has 0 saturated carbocycles. The number of hydrogen-bond acceptors (Lipinski definition) is 12. The predicted octanol–water partition coefficient (Wildman–Crippen LogP) is 0.679. The molecule has 14 heteroatoms. The molecule has 39 heavy (non-hydrogen) atoms. The van der Waals surface area contributed by atoms with Gasteiger partial charge >= 0.3 is 0 Å². The minimum atomic E-state index is -1.44. The van der Waals surface area contributed by atoms with Gasteiger partial charge in [-0.1, -0.05) is 25.7 Å². The minimum Gasteiger partial charge on any atom is -0.471 e. The van der Waals surface area contributed by atoms with Crippen LogP contribution >= 0.6 is 0 Å². The molecule has 0 bridgehead atoms. The van der Waals surface area contributed by atoms with E-state index in [4.69, 9.17) is 19.9 Å². The van der Waals surface area contributed by atoms with E-state index in [2.05, 4.69) is 19.9 Å². The Balaban J connectivity index is 1.15. The largest absolute Gasteiger partial charge is 0.471 e. The highest BCUT2D eigenvalue weighted by atomic mass is 18.2. The second-order valence-corrected chi connectivity index (χ2v) is 9.46. The Bertz CT molecular complexity index is 1200. The number of pyridine rings is 1. The van der Waals surface area contributed by atoms with Crippen molar-refractivity contribution in [2.45, 2.75) is 82.4 Å². The highest BCUT2D eigenvalue weighted by molar-refractivity contribution is 5.77. The summed E-state index contributed by atoms with van der Waals surface area (Å²) in [5.74, 6) is -0.292. The monoisotopic (exact) mass is 549 g/mol. The SMILES string of the molecule is Nc1nc(OCc2ccnc([18F])c2)c2ncn(CCCCCCCCO[C@@H]3O[C@H](CO)[C@@H](O)[C@H](O)[C@H]3O)c2n1. The van der Waals surface area contributed by atoms with Gasteiger partial charge in [0.2, 0.25) is 17.8 Å². The summed E-state index contributed by atoms with van der Waals surface area (Å²) in [6.07, 6.45) is 2.33. The summed E-state index contributed by atoms with van der Waals surface area (Å²) >= 11 is 0. The molecule has 0 aliphatic carbocycles. The normalized spacial score (nSPS) is 23.4. The van der Waals surface area contributed by atoms with Gasteiger partial charge in [0.25, 0.3) is 0 Å². The number of nitrogens with two attached hydrogens (primary N) is 1. The molecular weight excluding hydrogens is 514 g/mol. The second kappa shape index (κ2) is 13.9. The van der Waals surface area contributed by atoms with Crippen molar-refractivity contribution in [3.63, 3.8) is 0 Å². The summed E-state index contributed by atoms with van der Waals surface area (Å²) in [4.78, 5) is 16.4. The zero-order valence-corrected chi connectivity index (χ0v) is 21.5. The van der Waals surface area contributed by atoms with Crippen molar-refractivity contribution in [1.29, 1.82) is 0 Å². The molecule has 0 amide bonds. The number of fused-ring (bicyclic) bond motifs is 1. The maximum atomic E-state index is 13.3. The molecule has 0 spiro atoms. The number of aliphatic hydroxyl groups excluding tert-OH is 4. The van der Waals surface area contributed by atoms with E-state index < -0.39 is 43.3 Å². The first kappa shape index (κ1) is 29.0. The summed E-state index contributed by atoms with van der Waals surface area (Å²) in [5, 5.41) is 38.8. The number of rotatable bonds is 14. The van der Waals surface area contributed by atoms with Crippen molar-refractivity contribution in [3.05, 3.63) is 36.2 Å². The van der Waals surface area contributed by atoms with Crippen LogP contribution in [0.25, 0.3) is 11.2 Å². The van der Waals surface area contributed by atoms with E-state index in [1.54, 1.807) is 12.4 Å². The Morgan fingerprint density at radius 2 is 1.77 bits per heavy atom. The molecule has 5 atom stereocenters. The topological polar surface area (TPSA) is 191 Å². The fourth-order valence-corrected chi connectivity index (χ4v) is 4.38. The molecule has 1 saturated heterocycles. The third-order valence-corrected chi connectivity index (χ3v) is 6.54. The highest BCUT2D eigenvalue weighted by Gasteiger charge is 2.43. The van der Waals surface area contributed by atoms with Crippen molar-refractivity contribution in [1.82, 2.24) is 24.5 Å². The summed E-state index contributed by atoms with van der Waals surface area (Å²) < 4.78 is 31.8. The first-order valence-corrected chi connectivity index (χ1v) is 13.0. The molecule has 1 aliphatic rings. The van der Waals surface area contributed by atoms with Gasteiger partial charge in [-0.05, 0) is 30.5 Å². The summed E-state index contributed by atoms with van der Waals surface area (Å²) in [7, 11) is 0. The quantitative estimate of drug-likeness (QED) is 0.140. The number of aliphatic hydroxyl groups is 4. The second-order valence-electron chi connectivity index (χ2n) is 9.46. The Kier molecular flexibility index (Phi) is 10.3. The van der Waals surface area contributed by atoms with Crippen molar-refractivity contribution in [3.8, 4) is 5.88 Å².